The Morgan fingerprint density at radius 2 is 2.07 bits per heavy atom. The molecule has 0 atom stereocenters. The second-order valence-electron chi connectivity index (χ2n) is 3.09. The average Bonchev–Trinajstić information content (AvgIpc) is 2.47. The monoisotopic (exact) mass is 189 g/mol. The van der Waals surface area contributed by atoms with Crippen molar-refractivity contribution in [1.29, 1.82) is 5.41 Å². The molecule has 0 aliphatic heterocycles. The van der Waals surface area contributed by atoms with E-state index in [0.717, 1.165) is 5.56 Å². The zero-order chi connectivity index (χ0) is 9.97. The van der Waals surface area contributed by atoms with Crippen molar-refractivity contribution in [2.45, 2.75) is 6.42 Å². The Bertz CT molecular complexity index is 470. The van der Waals surface area contributed by atoms with Gasteiger partial charge in [0.2, 0.25) is 5.89 Å². The molecule has 0 aliphatic rings. The number of aryl methyl sites for hydroxylation is 1. The number of nitrogens with one attached hydrogen (secondary N) is 1. The Morgan fingerprint density at radius 3 is 2.64 bits per heavy atom. The van der Waals surface area contributed by atoms with Crippen molar-refractivity contribution < 1.29 is 4.42 Å². The number of aromatic nitrogens is 2. The highest BCUT2D eigenvalue weighted by molar-refractivity contribution is 5.17. The molecule has 1 N–H and O–H groups in total. The summed E-state index contributed by atoms with van der Waals surface area (Å²) in [4.78, 5) is 0. The molecule has 14 heavy (non-hydrogen) atoms. The molecule has 0 radical (unpaired) electrons. The number of hydrogen-bond acceptors (Lipinski definition) is 3. The lowest BCUT2D eigenvalue weighted by molar-refractivity contribution is 0.438. The van der Waals surface area contributed by atoms with Crippen LogP contribution in [0.4, 0.5) is 0 Å². The highest BCUT2D eigenvalue weighted by Crippen LogP contribution is 2.04. The van der Waals surface area contributed by atoms with Gasteiger partial charge < -0.3 is 4.42 Å². The molecule has 1 aromatic carbocycles. The van der Waals surface area contributed by atoms with Crippen molar-refractivity contribution in [3.63, 3.8) is 0 Å². The average molecular weight is 189 g/mol. The van der Waals surface area contributed by atoms with E-state index in [0.29, 0.717) is 12.3 Å². The van der Waals surface area contributed by atoms with Crippen LogP contribution < -0.4 is 5.68 Å². The van der Waals surface area contributed by atoms with Crippen LogP contribution in [0, 0.1) is 5.41 Å². The smallest absolute Gasteiger partial charge is 0.312 e. The normalized spacial score (nSPS) is 10.4. The summed E-state index contributed by atoms with van der Waals surface area (Å²) in [7, 11) is 1.69. The Morgan fingerprint density at radius 1 is 1.36 bits per heavy atom. The van der Waals surface area contributed by atoms with Crippen molar-refractivity contribution in [1.82, 2.24) is 9.78 Å². The van der Waals surface area contributed by atoms with Gasteiger partial charge in [0.1, 0.15) is 0 Å². The van der Waals surface area contributed by atoms with Gasteiger partial charge in [0.05, 0.1) is 6.42 Å². The summed E-state index contributed by atoms with van der Waals surface area (Å²) in [6.07, 6.45) is 0.632. The van der Waals surface area contributed by atoms with Gasteiger partial charge in [-0.15, -0.1) is 5.10 Å². The van der Waals surface area contributed by atoms with E-state index in [1.807, 2.05) is 30.3 Å². The van der Waals surface area contributed by atoms with Crippen molar-refractivity contribution in [3.05, 3.63) is 47.5 Å². The second-order valence-corrected chi connectivity index (χ2v) is 3.09. The summed E-state index contributed by atoms with van der Waals surface area (Å²) in [5, 5.41) is 11.4. The van der Waals surface area contributed by atoms with E-state index >= 15 is 0 Å². The highest BCUT2D eigenvalue weighted by atomic mass is 16.4. The summed E-state index contributed by atoms with van der Waals surface area (Å²) >= 11 is 0. The van der Waals surface area contributed by atoms with Crippen molar-refractivity contribution >= 4 is 0 Å². The molecule has 72 valence electrons. The maximum atomic E-state index is 7.34. The summed E-state index contributed by atoms with van der Waals surface area (Å²) < 4.78 is 6.55. The number of nitrogens with zero attached hydrogens (tertiary/aromatic N) is 2. The van der Waals surface area contributed by atoms with Crippen LogP contribution in [-0.2, 0) is 13.5 Å². The van der Waals surface area contributed by atoms with E-state index < -0.39 is 0 Å². The lowest BCUT2D eigenvalue weighted by Crippen LogP contribution is -2.10. The van der Waals surface area contributed by atoms with Gasteiger partial charge in [-0.3, -0.25) is 0 Å². The van der Waals surface area contributed by atoms with Gasteiger partial charge in [-0.05, 0) is 5.56 Å². The standard InChI is InChI=1S/C10H11N3O/c1-13-10(11)14-9(12-13)7-8-5-3-2-4-6-8/h2-6,11H,7H2,1H3. The number of rotatable bonds is 2. The molecule has 0 saturated heterocycles. The van der Waals surface area contributed by atoms with Gasteiger partial charge >= 0.3 is 5.68 Å². The van der Waals surface area contributed by atoms with Crippen LogP contribution in [0.25, 0.3) is 0 Å². The minimum atomic E-state index is 0.0796. The van der Waals surface area contributed by atoms with E-state index in [9.17, 15) is 0 Å². The molecule has 4 heteroatoms. The molecule has 2 rings (SSSR count). The first-order valence-corrected chi connectivity index (χ1v) is 4.37. The van der Waals surface area contributed by atoms with Crippen LogP contribution in [0.5, 0.6) is 0 Å². The number of benzene rings is 1. The zero-order valence-corrected chi connectivity index (χ0v) is 7.90. The van der Waals surface area contributed by atoms with E-state index in [4.69, 9.17) is 9.83 Å². The molecule has 0 saturated carbocycles. The molecule has 0 amide bonds. The highest BCUT2D eigenvalue weighted by Gasteiger charge is 2.02. The van der Waals surface area contributed by atoms with Crippen molar-refractivity contribution in [3.8, 4) is 0 Å². The minimum absolute atomic E-state index is 0.0796. The maximum absolute atomic E-state index is 7.34. The summed E-state index contributed by atoms with van der Waals surface area (Å²) in [5.41, 5.74) is 1.21. The number of hydrogen-bond donors (Lipinski definition) is 1. The predicted molar refractivity (Wildman–Crippen MR) is 50.6 cm³/mol. The molecule has 0 fully saturated rings. The SMILES string of the molecule is Cn1nc(Cc2ccccc2)oc1=N. The molecular formula is C10H11N3O. The fourth-order valence-electron chi connectivity index (χ4n) is 1.25. The predicted octanol–water partition coefficient (Wildman–Crippen LogP) is 1.08. The Labute approximate surface area is 81.3 Å². The quantitative estimate of drug-likeness (QED) is 0.768. The van der Waals surface area contributed by atoms with E-state index in [1.54, 1.807) is 7.05 Å². The van der Waals surface area contributed by atoms with Crippen molar-refractivity contribution in [2.75, 3.05) is 0 Å². The van der Waals surface area contributed by atoms with Gasteiger partial charge in [-0.1, -0.05) is 30.3 Å². The van der Waals surface area contributed by atoms with Gasteiger partial charge in [-0.2, -0.15) is 0 Å². The maximum Gasteiger partial charge on any atom is 0.312 e. The second kappa shape index (κ2) is 3.49. The fourth-order valence-corrected chi connectivity index (χ4v) is 1.25. The zero-order valence-electron chi connectivity index (χ0n) is 7.90. The summed E-state index contributed by atoms with van der Waals surface area (Å²) in [5.74, 6) is 0.573. The van der Waals surface area contributed by atoms with E-state index in [1.165, 1.54) is 4.68 Å². The third kappa shape index (κ3) is 1.74. The van der Waals surface area contributed by atoms with Crippen LogP contribution in [0.2, 0.25) is 0 Å². The molecule has 0 unspecified atom stereocenters. The molecule has 2 aromatic rings. The van der Waals surface area contributed by atoms with Gasteiger partial charge in [0.15, 0.2) is 0 Å². The summed E-state index contributed by atoms with van der Waals surface area (Å²) in [6.45, 7) is 0. The largest absolute Gasteiger partial charge is 0.408 e. The lowest BCUT2D eigenvalue weighted by Gasteiger charge is -1.94. The summed E-state index contributed by atoms with van der Waals surface area (Å²) in [6, 6.07) is 9.93. The molecule has 1 heterocycles. The van der Waals surface area contributed by atoms with Gasteiger partial charge in [-0.25, -0.2) is 10.1 Å². The topological polar surface area (TPSA) is 54.8 Å². The minimum Gasteiger partial charge on any atom is -0.408 e. The van der Waals surface area contributed by atoms with Crippen LogP contribution in [0.3, 0.4) is 0 Å². The first-order valence-electron chi connectivity index (χ1n) is 4.37. The molecule has 4 nitrogen and oxygen atoms in total. The Kier molecular flexibility index (Phi) is 2.18. The Balaban J connectivity index is 2.23. The third-order valence-corrected chi connectivity index (χ3v) is 1.97. The Hall–Kier alpha value is -1.84. The third-order valence-electron chi connectivity index (χ3n) is 1.97. The van der Waals surface area contributed by atoms with Crippen LogP contribution >= 0.6 is 0 Å². The van der Waals surface area contributed by atoms with Crippen LogP contribution in [0.1, 0.15) is 11.5 Å². The van der Waals surface area contributed by atoms with Crippen LogP contribution in [-0.4, -0.2) is 9.78 Å². The lowest BCUT2D eigenvalue weighted by atomic mass is 10.2. The van der Waals surface area contributed by atoms with E-state index in [-0.39, 0.29) is 5.68 Å². The molecular weight excluding hydrogens is 178 g/mol. The first-order chi connectivity index (χ1) is 6.75. The van der Waals surface area contributed by atoms with Gasteiger partial charge in [0, 0.05) is 7.05 Å². The molecule has 0 aliphatic carbocycles. The molecule has 1 aromatic heterocycles. The van der Waals surface area contributed by atoms with Crippen LogP contribution in [0.15, 0.2) is 34.7 Å². The van der Waals surface area contributed by atoms with Gasteiger partial charge in [0.25, 0.3) is 0 Å². The molecule has 0 bridgehead atoms. The van der Waals surface area contributed by atoms with Crippen molar-refractivity contribution in [2.24, 2.45) is 7.05 Å². The fraction of sp³-hybridized carbons (Fsp3) is 0.200. The molecule has 0 spiro atoms. The first kappa shape index (κ1) is 8.74. The van der Waals surface area contributed by atoms with E-state index in [2.05, 4.69) is 5.10 Å².